The summed E-state index contributed by atoms with van der Waals surface area (Å²) >= 11 is 0. The molecule has 1 heterocycles. The van der Waals surface area contributed by atoms with Gasteiger partial charge in [0.1, 0.15) is 5.69 Å². The highest BCUT2D eigenvalue weighted by molar-refractivity contribution is 5.92. The number of halogens is 3. The number of aromatic nitrogens is 1. The highest BCUT2D eigenvalue weighted by Gasteiger charge is 2.32. The van der Waals surface area contributed by atoms with Gasteiger partial charge >= 0.3 is 6.18 Å². The van der Waals surface area contributed by atoms with Crippen molar-refractivity contribution in [2.45, 2.75) is 65.0 Å². The molecule has 0 radical (unpaired) electrons. The average Bonchev–Trinajstić information content (AvgIpc) is 2.50. The Morgan fingerprint density at radius 1 is 1.13 bits per heavy atom. The largest absolute Gasteiger partial charge is 0.433 e. The molecule has 130 valence electrons. The van der Waals surface area contributed by atoms with Gasteiger partial charge in [0.2, 0.25) is 5.91 Å². The van der Waals surface area contributed by atoms with Crippen molar-refractivity contribution in [2.75, 3.05) is 5.32 Å². The molecule has 3 nitrogen and oxygen atoms in total. The second-order valence-corrected chi connectivity index (χ2v) is 5.75. The molecule has 1 amide bonds. The van der Waals surface area contributed by atoms with Crippen LogP contribution in [-0.2, 0) is 11.0 Å². The number of anilines is 1. The van der Waals surface area contributed by atoms with Gasteiger partial charge in [0.05, 0.1) is 11.9 Å². The van der Waals surface area contributed by atoms with Crippen LogP contribution >= 0.6 is 0 Å². The van der Waals surface area contributed by atoms with E-state index in [4.69, 9.17) is 0 Å². The minimum Gasteiger partial charge on any atom is -0.324 e. The number of hydrogen-bond donors (Lipinski definition) is 1. The van der Waals surface area contributed by atoms with Crippen LogP contribution in [0, 0.1) is 5.92 Å². The summed E-state index contributed by atoms with van der Waals surface area (Å²) in [4.78, 5) is 15.7. The van der Waals surface area contributed by atoms with Gasteiger partial charge in [-0.3, -0.25) is 4.79 Å². The first-order chi connectivity index (χ1) is 10.9. The molecule has 0 aromatic carbocycles. The maximum Gasteiger partial charge on any atom is 0.433 e. The molecule has 0 fully saturated rings. The van der Waals surface area contributed by atoms with E-state index in [1.54, 1.807) is 0 Å². The van der Waals surface area contributed by atoms with E-state index in [0.717, 1.165) is 57.2 Å². The van der Waals surface area contributed by atoms with Crippen LogP contribution in [0.1, 0.15) is 64.5 Å². The Bertz CT molecular complexity index is 472. The van der Waals surface area contributed by atoms with Gasteiger partial charge in [0, 0.05) is 5.92 Å². The zero-order valence-corrected chi connectivity index (χ0v) is 13.7. The summed E-state index contributed by atoms with van der Waals surface area (Å²) in [6, 6.07) is 2.13. The maximum absolute atomic E-state index is 12.5. The van der Waals surface area contributed by atoms with Crippen molar-refractivity contribution < 1.29 is 18.0 Å². The second-order valence-electron chi connectivity index (χ2n) is 5.75. The van der Waals surface area contributed by atoms with Crippen molar-refractivity contribution in [3.8, 4) is 0 Å². The molecule has 0 saturated heterocycles. The predicted octanol–water partition coefficient (Wildman–Crippen LogP) is 5.43. The van der Waals surface area contributed by atoms with Gasteiger partial charge in [0.25, 0.3) is 0 Å². The molecule has 1 rings (SSSR count). The molecule has 0 aliphatic rings. The Morgan fingerprint density at radius 3 is 2.30 bits per heavy atom. The lowest BCUT2D eigenvalue weighted by molar-refractivity contribution is -0.141. The first-order valence-corrected chi connectivity index (χ1v) is 8.22. The molecule has 1 N–H and O–H groups in total. The van der Waals surface area contributed by atoms with Gasteiger partial charge in [-0.2, -0.15) is 13.2 Å². The van der Waals surface area contributed by atoms with Crippen molar-refractivity contribution in [3.63, 3.8) is 0 Å². The van der Waals surface area contributed by atoms with Crippen LogP contribution in [0.25, 0.3) is 0 Å². The fourth-order valence-electron chi connectivity index (χ4n) is 2.38. The molecule has 0 saturated carbocycles. The van der Waals surface area contributed by atoms with E-state index in [-0.39, 0.29) is 11.8 Å². The fraction of sp³-hybridized carbons (Fsp3) is 0.647. The summed E-state index contributed by atoms with van der Waals surface area (Å²) < 4.78 is 37.4. The lowest BCUT2D eigenvalue weighted by Gasteiger charge is -2.16. The zero-order valence-electron chi connectivity index (χ0n) is 13.7. The molecule has 1 aromatic rings. The highest BCUT2D eigenvalue weighted by Crippen LogP contribution is 2.28. The smallest absolute Gasteiger partial charge is 0.324 e. The summed E-state index contributed by atoms with van der Waals surface area (Å²) in [6.07, 6.45) is 3.35. The van der Waals surface area contributed by atoms with Gasteiger partial charge in [-0.15, -0.1) is 0 Å². The quantitative estimate of drug-likeness (QED) is 0.614. The number of carbonyl (C=O) groups is 1. The Balaban J connectivity index is 2.65. The number of rotatable bonds is 9. The van der Waals surface area contributed by atoms with E-state index in [2.05, 4.69) is 24.1 Å². The van der Waals surface area contributed by atoms with Crippen molar-refractivity contribution in [3.05, 3.63) is 24.0 Å². The molecular formula is C17H25F3N2O. The van der Waals surface area contributed by atoms with Gasteiger partial charge in [0.15, 0.2) is 0 Å². The summed E-state index contributed by atoms with van der Waals surface area (Å²) in [5, 5.41) is 2.69. The third kappa shape index (κ3) is 7.01. The average molecular weight is 330 g/mol. The Morgan fingerprint density at radius 2 is 1.78 bits per heavy atom. The van der Waals surface area contributed by atoms with E-state index in [1.807, 2.05) is 0 Å². The Labute approximate surface area is 135 Å². The predicted molar refractivity (Wildman–Crippen MR) is 85.0 cm³/mol. The first kappa shape index (κ1) is 19.5. The number of amides is 1. The summed E-state index contributed by atoms with van der Waals surface area (Å²) in [7, 11) is 0. The van der Waals surface area contributed by atoms with Crippen LogP contribution in [0.15, 0.2) is 18.3 Å². The van der Waals surface area contributed by atoms with Gasteiger partial charge in [-0.1, -0.05) is 46.0 Å². The fourth-order valence-corrected chi connectivity index (χ4v) is 2.38. The van der Waals surface area contributed by atoms with Crippen LogP contribution in [0.3, 0.4) is 0 Å². The number of alkyl halides is 3. The molecular weight excluding hydrogens is 305 g/mol. The third-order valence-electron chi connectivity index (χ3n) is 3.75. The normalized spacial score (nSPS) is 12.9. The lowest BCUT2D eigenvalue weighted by Crippen LogP contribution is -2.23. The highest BCUT2D eigenvalue weighted by atomic mass is 19.4. The number of carbonyl (C=O) groups excluding carboxylic acids is 1. The number of hydrogen-bond acceptors (Lipinski definition) is 2. The van der Waals surface area contributed by atoms with Crippen molar-refractivity contribution in [1.82, 2.24) is 4.98 Å². The van der Waals surface area contributed by atoms with E-state index in [9.17, 15) is 18.0 Å². The Kier molecular flexibility index (Phi) is 8.06. The standard InChI is InChI=1S/C17H25F3N2O/c1-3-5-7-9-13(8-6-4-2)16(23)22-14-10-11-15(21-12-14)17(18,19)20/h10-13H,3-9H2,1-2H3,(H,22,23). The maximum atomic E-state index is 12.5. The second kappa shape index (κ2) is 9.53. The van der Waals surface area contributed by atoms with Crippen molar-refractivity contribution >= 4 is 11.6 Å². The van der Waals surface area contributed by atoms with Crippen molar-refractivity contribution in [2.24, 2.45) is 5.92 Å². The van der Waals surface area contributed by atoms with Crippen LogP contribution in [0.5, 0.6) is 0 Å². The molecule has 6 heteroatoms. The molecule has 0 aliphatic heterocycles. The Hall–Kier alpha value is -1.59. The monoisotopic (exact) mass is 330 g/mol. The van der Waals surface area contributed by atoms with Gasteiger partial charge in [-0.05, 0) is 25.0 Å². The molecule has 0 aliphatic carbocycles. The topological polar surface area (TPSA) is 42.0 Å². The SMILES string of the molecule is CCCCCC(CCCC)C(=O)Nc1ccc(C(F)(F)F)nc1. The minimum absolute atomic E-state index is 0.0937. The number of nitrogens with zero attached hydrogens (tertiary/aromatic N) is 1. The summed E-state index contributed by atoms with van der Waals surface area (Å²) in [5.41, 5.74) is -0.652. The van der Waals surface area contributed by atoms with Gasteiger partial charge < -0.3 is 5.32 Å². The lowest BCUT2D eigenvalue weighted by atomic mass is 9.94. The van der Waals surface area contributed by atoms with E-state index >= 15 is 0 Å². The molecule has 1 aromatic heterocycles. The summed E-state index contributed by atoms with van der Waals surface area (Å²) in [5.74, 6) is -0.222. The summed E-state index contributed by atoms with van der Waals surface area (Å²) in [6.45, 7) is 4.18. The molecule has 0 bridgehead atoms. The minimum atomic E-state index is -4.47. The van der Waals surface area contributed by atoms with Crippen LogP contribution in [0.2, 0.25) is 0 Å². The third-order valence-corrected chi connectivity index (χ3v) is 3.75. The van der Waals surface area contributed by atoms with Crippen LogP contribution in [-0.4, -0.2) is 10.9 Å². The number of pyridine rings is 1. The van der Waals surface area contributed by atoms with Crippen LogP contribution < -0.4 is 5.32 Å². The van der Waals surface area contributed by atoms with E-state index < -0.39 is 11.9 Å². The van der Waals surface area contributed by atoms with Crippen molar-refractivity contribution in [1.29, 1.82) is 0 Å². The van der Waals surface area contributed by atoms with E-state index in [0.29, 0.717) is 5.69 Å². The molecule has 23 heavy (non-hydrogen) atoms. The number of nitrogens with one attached hydrogen (secondary N) is 1. The van der Waals surface area contributed by atoms with E-state index in [1.165, 1.54) is 6.07 Å². The van der Waals surface area contributed by atoms with Gasteiger partial charge in [-0.25, -0.2) is 4.98 Å². The molecule has 0 spiro atoms. The molecule has 1 unspecified atom stereocenters. The van der Waals surface area contributed by atoms with Crippen LogP contribution in [0.4, 0.5) is 18.9 Å². The first-order valence-electron chi connectivity index (χ1n) is 8.22. The zero-order chi connectivity index (χ0) is 17.3. The molecule has 1 atom stereocenters. The number of unbranched alkanes of at least 4 members (excludes halogenated alkanes) is 3.